The zero-order valence-electron chi connectivity index (χ0n) is 14.6. The van der Waals surface area contributed by atoms with Crippen molar-refractivity contribution in [3.8, 4) is 11.1 Å². The Balaban J connectivity index is 2.46. The standard InChI is InChI=1S/C20H26Si2/c1-21(2,3)20(22(4,5)6)19-17-13-9-7-11-15(17)16-12-8-10-14-18(16)19/h7-14H,1-6H3. The summed E-state index contributed by atoms with van der Waals surface area (Å²) < 4.78 is 0. The summed E-state index contributed by atoms with van der Waals surface area (Å²) in [6.45, 7) is 15.1. The van der Waals surface area contributed by atoms with Gasteiger partial charge >= 0.3 is 0 Å². The van der Waals surface area contributed by atoms with E-state index in [2.05, 4.69) is 87.8 Å². The molecule has 0 unspecified atom stereocenters. The Kier molecular flexibility index (Phi) is 3.57. The van der Waals surface area contributed by atoms with Gasteiger partial charge in [0.25, 0.3) is 0 Å². The van der Waals surface area contributed by atoms with E-state index in [4.69, 9.17) is 0 Å². The molecule has 0 bridgehead atoms. The van der Waals surface area contributed by atoms with Crippen LogP contribution in [0.25, 0.3) is 16.7 Å². The first-order valence-electron chi connectivity index (χ1n) is 8.15. The number of hydrogen-bond acceptors (Lipinski definition) is 0. The van der Waals surface area contributed by atoms with Crippen LogP contribution in [-0.4, -0.2) is 16.1 Å². The summed E-state index contributed by atoms with van der Waals surface area (Å²) >= 11 is 0. The van der Waals surface area contributed by atoms with Gasteiger partial charge in [-0.15, -0.1) is 0 Å². The number of rotatable bonds is 2. The van der Waals surface area contributed by atoms with Crippen molar-refractivity contribution < 1.29 is 0 Å². The fourth-order valence-corrected chi connectivity index (χ4v) is 15.2. The van der Waals surface area contributed by atoms with Crippen LogP contribution < -0.4 is 0 Å². The predicted molar refractivity (Wildman–Crippen MR) is 105 cm³/mol. The van der Waals surface area contributed by atoms with E-state index < -0.39 is 16.1 Å². The molecule has 3 rings (SSSR count). The molecule has 0 saturated heterocycles. The maximum atomic E-state index is 2.51. The second-order valence-corrected chi connectivity index (χ2v) is 18.8. The van der Waals surface area contributed by atoms with Crippen LogP contribution in [0.2, 0.25) is 39.3 Å². The van der Waals surface area contributed by atoms with Crippen LogP contribution in [0.3, 0.4) is 0 Å². The highest BCUT2D eigenvalue weighted by molar-refractivity contribution is 7.05. The third kappa shape index (κ3) is 2.44. The molecular formula is C20H26Si2. The molecule has 22 heavy (non-hydrogen) atoms. The van der Waals surface area contributed by atoms with E-state index in [9.17, 15) is 0 Å². The van der Waals surface area contributed by atoms with Gasteiger partial charge in [-0.1, -0.05) is 92.6 Å². The van der Waals surface area contributed by atoms with Crippen molar-refractivity contribution in [2.75, 3.05) is 0 Å². The van der Waals surface area contributed by atoms with Crippen molar-refractivity contribution in [2.24, 2.45) is 0 Å². The molecule has 0 heterocycles. The molecule has 2 aromatic carbocycles. The van der Waals surface area contributed by atoms with Gasteiger partial charge in [0, 0.05) is 0 Å². The molecule has 0 amide bonds. The lowest BCUT2D eigenvalue weighted by Gasteiger charge is -2.34. The lowest BCUT2D eigenvalue weighted by molar-refractivity contribution is 1.59. The summed E-state index contributed by atoms with van der Waals surface area (Å²) in [4.78, 5) is 1.82. The van der Waals surface area contributed by atoms with E-state index in [0.717, 1.165) is 0 Å². The summed E-state index contributed by atoms with van der Waals surface area (Å²) in [5.74, 6) is 0. The van der Waals surface area contributed by atoms with Crippen molar-refractivity contribution >= 4 is 21.7 Å². The Bertz CT molecular complexity index is 692. The lowest BCUT2D eigenvalue weighted by Crippen LogP contribution is -2.41. The van der Waals surface area contributed by atoms with Gasteiger partial charge in [0.1, 0.15) is 0 Å². The molecule has 2 aromatic rings. The number of fused-ring (bicyclic) bond motifs is 3. The highest BCUT2D eigenvalue weighted by Crippen LogP contribution is 2.48. The topological polar surface area (TPSA) is 0 Å². The zero-order valence-corrected chi connectivity index (χ0v) is 16.6. The highest BCUT2D eigenvalue weighted by Gasteiger charge is 2.37. The molecule has 1 aliphatic carbocycles. The second kappa shape index (κ2) is 5.07. The molecule has 0 N–H and O–H groups in total. The normalized spacial score (nSPS) is 13.8. The molecule has 114 valence electrons. The Morgan fingerprint density at radius 1 is 0.545 bits per heavy atom. The minimum absolute atomic E-state index is 1.38. The van der Waals surface area contributed by atoms with Crippen molar-refractivity contribution in [2.45, 2.75) is 39.3 Å². The lowest BCUT2D eigenvalue weighted by atomic mass is 10.1. The predicted octanol–water partition coefficient (Wildman–Crippen LogP) is 6.22. The van der Waals surface area contributed by atoms with Crippen LogP contribution in [0.5, 0.6) is 0 Å². The maximum Gasteiger partial charge on any atom is 0.0690 e. The van der Waals surface area contributed by atoms with E-state index in [1.54, 1.807) is 5.57 Å². The molecule has 2 heteroatoms. The van der Waals surface area contributed by atoms with Gasteiger partial charge in [-0.2, -0.15) is 0 Å². The van der Waals surface area contributed by atoms with Gasteiger partial charge in [0.05, 0.1) is 16.1 Å². The largest absolute Gasteiger partial charge is 0.0831 e. The van der Waals surface area contributed by atoms with Crippen LogP contribution in [-0.2, 0) is 0 Å². The molecule has 0 spiro atoms. The van der Waals surface area contributed by atoms with Crippen molar-refractivity contribution in [1.29, 1.82) is 0 Å². The van der Waals surface area contributed by atoms with E-state index in [0.29, 0.717) is 0 Å². The zero-order chi connectivity index (χ0) is 16.1. The summed E-state index contributed by atoms with van der Waals surface area (Å²) in [7, 11) is -2.77. The quantitative estimate of drug-likeness (QED) is 0.491. The Morgan fingerprint density at radius 2 is 0.864 bits per heavy atom. The van der Waals surface area contributed by atoms with Crippen LogP contribution in [0.1, 0.15) is 11.1 Å². The van der Waals surface area contributed by atoms with Crippen molar-refractivity contribution in [3.63, 3.8) is 0 Å². The summed E-state index contributed by atoms with van der Waals surface area (Å²) in [6, 6.07) is 17.9. The van der Waals surface area contributed by atoms with Crippen LogP contribution in [0, 0.1) is 0 Å². The molecule has 0 radical (unpaired) electrons. The van der Waals surface area contributed by atoms with Gasteiger partial charge in [-0.05, 0) is 27.8 Å². The summed E-state index contributed by atoms with van der Waals surface area (Å²) in [5, 5.41) is 0. The second-order valence-electron chi connectivity index (χ2n) is 8.34. The van der Waals surface area contributed by atoms with Crippen molar-refractivity contribution in [1.82, 2.24) is 0 Å². The summed E-state index contributed by atoms with van der Waals surface area (Å²) in [6.07, 6.45) is 0. The van der Waals surface area contributed by atoms with Crippen molar-refractivity contribution in [3.05, 3.63) is 64.5 Å². The molecule has 0 aliphatic heterocycles. The van der Waals surface area contributed by atoms with E-state index in [1.165, 1.54) is 22.3 Å². The van der Waals surface area contributed by atoms with Gasteiger partial charge in [-0.25, -0.2) is 0 Å². The first kappa shape index (κ1) is 15.5. The Labute approximate surface area is 136 Å². The fraction of sp³-hybridized carbons (Fsp3) is 0.300. The minimum Gasteiger partial charge on any atom is -0.0831 e. The monoisotopic (exact) mass is 322 g/mol. The molecule has 0 saturated carbocycles. The van der Waals surface area contributed by atoms with Gasteiger partial charge < -0.3 is 0 Å². The van der Waals surface area contributed by atoms with Crippen LogP contribution >= 0.6 is 0 Å². The molecule has 0 atom stereocenters. The number of hydrogen-bond donors (Lipinski definition) is 0. The van der Waals surface area contributed by atoms with Crippen LogP contribution in [0.4, 0.5) is 0 Å². The summed E-state index contributed by atoms with van der Waals surface area (Å²) in [5.41, 5.74) is 7.33. The molecule has 0 fully saturated rings. The SMILES string of the molecule is C[Si](C)(C)C(=C1c2ccccc2-c2ccccc21)[Si](C)(C)C. The van der Waals surface area contributed by atoms with E-state index in [-0.39, 0.29) is 0 Å². The Morgan fingerprint density at radius 3 is 1.18 bits per heavy atom. The third-order valence-electron chi connectivity index (χ3n) is 4.43. The third-order valence-corrected chi connectivity index (χ3v) is 12.4. The number of benzene rings is 2. The molecule has 0 aromatic heterocycles. The maximum absolute atomic E-state index is 2.51. The van der Waals surface area contributed by atoms with Crippen LogP contribution in [0.15, 0.2) is 53.4 Å². The fourth-order valence-electron chi connectivity index (χ4n) is 4.16. The Hall–Kier alpha value is -1.39. The van der Waals surface area contributed by atoms with E-state index >= 15 is 0 Å². The average molecular weight is 323 g/mol. The van der Waals surface area contributed by atoms with Gasteiger partial charge in [0.15, 0.2) is 0 Å². The highest BCUT2D eigenvalue weighted by atomic mass is 28.4. The van der Waals surface area contributed by atoms with Gasteiger partial charge in [0.2, 0.25) is 0 Å². The van der Waals surface area contributed by atoms with E-state index in [1.807, 2.05) is 4.82 Å². The molecule has 0 nitrogen and oxygen atoms in total. The molecular weight excluding hydrogens is 296 g/mol. The minimum atomic E-state index is -1.38. The smallest absolute Gasteiger partial charge is 0.0690 e. The molecule has 1 aliphatic rings. The average Bonchev–Trinajstić information content (AvgIpc) is 2.72. The first-order chi connectivity index (χ1) is 10.2. The first-order valence-corrected chi connectivity index (χ1v) is 15.2. The van der Waals surface area contributed by atoms with Gasteiger partial charge in [-0.3, -0.25) is 0 Å².